The van der Waals surface area contributed by atoms with Crippen molar-refractivity contribution in [2.24, 2.45) is 5.73 Å². The van der Waals surface area contributed by atoms with Crippen LogP contribution in [-0.2, 0) is 0 Å². The SMILES string of the molecule is N=C(N)c1ccc(Sc2ncccc2Cl)cc1Br. The Hall–Kier alpha value is -1.04. The molecule has 0 saturated heterocycles. The predicted octanol–water partition coefficient (Wildman–Crippen LogP) is 3.93. The van der Waals surface area contributed by atoms with E-state index in [2.05, 4.69) is 20.9 Å². The average molecular weight is 343 g/mol. The van der Waals surface area contributed by atoms with Crippen LogP contribution in [-0.4, -0.2) is 10.8 Å². The van der Waals surface area contributed by atoms with Gasteiger partial charge in [0, 0.05) is 21.1 Å². The minimum atomic E-state index is 0.0364. The van der Waals surface area contributed by atoms with Crippen molar-refractivity contribution in [1.29, 1.82) is 5.41 Å². The molecule has 92 valence electrons. The lowest BCUT2D eigenvalue weighted by Crippen LogP contribution is -2.11. The van der Waals surface area contributed by atoms with Crippen LogP contribution in [0.2, 0.25) is 5.02 Å². The fourth-order valence-electron chi connectivity index (χ4n) is 1.34. The van der Waals surface area contributed by atoms with E-state index in [1.807, 2.05) is 12.1 Å². The zero-order valence-corrected chi connectivity index (χ0v) is 12.3. The van der Waals surface area contributed by atoms with Crippen LogP contribution < -0.4 is 5.73 Å². The summed E-state index contributed by atoms with van der Waals surface area (Å²) in [4.78, 5) is 5.19. The van der Waals surface area contributed by atoms with Gasteiger partial charge in [-0.3, -0.25) is 5.41 Å². The van der Waals surface area contributed by atoms with Crippen molar-refractivity contribution in [3.8, 4) is 0 Å². The van der Waals surface area contributed by atoms with Crippen LogP contribution in [0.15, 0.2) is 50.9 Å². The van der Waals surface area contributed by atoms with E-state index >= 15 is 0 Å². The van der Waals surface area contributed by atoms with Crippen molar-refractivity contribution >= 4 is 45.1 Å². The molecule has 1 heterocycles. The van der Waals surface area contributed by atoms with Gasteiger partial charge in [0.1, 0.15) is 10.9 Å². The standard InChI is InChI=1S/C12H9BrClN3S/c13-9-6-7(3-4-8(9)11(15)16)18-12-10(14)2-1-5-17-12/h1-6H,(H3,15,16). The van der Waals surface area contributed by atoms with E-state index in [4.69, 9.17) is 22.7 Å². The molecule has 2 aromatic rings. The number of hydrogen-bond acceptors (Lipinski definition) is 3. The molecule has 0 unspecified atom stereocenters. The van der Waals surface area contributed by atoms with Gasteiger partial charge in [0.25, 0.3) is 0 Å². The Kier molecular flexibility index (Phi) is 4.27. The molecular formula is C12H9BrClN3S. The summed E-state index contributed by atoms with van der Waals surface area (Å²) in [6.07, 6.45) is 1.70. The number of nitrogen functional groups attached to an aromatic ring is 1. The van der Waals surface area contributed by atoms with E-state index < -0.39 is 0 Å². The van der Waals surface area contributed by atoms with E-state index in [0.717, 1.165) is 14.4 Å². The first-order valence-electron chi connectivity index (χ1n) is 5.00. The number of nitrogens with two attached hydrogens (primary N) is 1. The molecule has 0 fully saturated rings. The van der Waals surface area contributed by atoms with Gasteiger partial charge in [0.05, 0.1) is 5.02 Å². The molecule has 3 N–H and O–H groups in total. The highest BCUT2D eigenvalue weighted by atomic mass is 79.9. The lowest BCUT2D eigenvalue weighted by Gasteiger charge is -2.06. The number of nitrogens with zero attached hydrogens (tertiary/aromatic N) is 1. The first-order chi connectivity index (χ1) is 8.58. The van der Waals surface area contributed by atoms with Crippen LogP contribution in [0.5, 0.6) is 0 Å². The second kappa shape index (κ2) is 5.73. The van der Waals surface area contributed by atoms with Crippen molar-refractivity contribution in [3.05, 3.63) is 51.6 Å². The Bertz CT molecular complexity index is 604. The van der Waals surface area contributed by atoms with Gasteiger partial charge >= 0.3 is 0 Å². The summed E-state index contributed by atoms with van der Waals surface area (Å²) in [5, 5.41) is 8.78. The Labute approximate surface area is 122 Å². The molecule has 2 rings (SSSR count). The summed E-state index contributed by atoms with van der Waals surface area (Å²) in [5.41, 5.74) is 6.13. The summed E-state index contributed by atoms with van der Waals surface area (Å²) in [6.45, 7) is 0. The summed E-state index contributed by atoms with van der Waals surface area (Å²) < 4.78 is 0.784. The van der Waals surface area contributed by atoms with E-state index in [1.165, 1.54) is 11.8 Å². The van der Waals surface area contributed by atoms with Crippen LogP contribution in [0.3, 0.4) is 0 Å². The topological polar surface area (TPSA) is 62.8 Å². The van der Waals surface area contributed by atoms with Gasteiger partial charge < -0.3 is 5.73 Å². The molecule has 0 radical (unpaired) electrons. The second-order valence-corrected chi connectivity index (χ2v) is 5.77. The first kappa shape index (κ1) is 13.4. The maximum Gasteiger partial charge on any atom is 0.123 e. The minimum absolute atomic E-state index is 0.0364. The minimum Gasteiger partial charge on any atom is -0.384 e. The molecule has 0 amide bonds. The number of nitrogens with one attached hydrogen (secondary N) is 1. The smallest absolute Gasteiger partial charge is 0.123 e. The number of pyridine rings is 1. The normalized spacial score (nSPS) is 10.3. The molecule has 0 aliphatic carbocycles. The summed E-state index contributed by atoms with van der Waals surface area (Å²) in [5.74, 6) is 0.0364. The second-order valence-electron chi connectivity index (χ2n) is 3.45. The van der Waals surface area contributed by atoms with Gasteiger partial charge in [-0.15, -0.1) is 0 Å². The average Bonchev–Trinajstić information content (AvgIpc) is 2.32. The molecule has 3 nitrogen and oxygen atoms in total. The maximum atomic E-state index is 7.41. The molecule has 0 saturated carbocycles. The summed E-state index contributed by atoms with van der Waals surface area (Å²) >= 11 is 10.9. The third-order valence-electron chi connectivity index (χ3n) is 2.17. The molecule has 0 aliphatic rings. The lowest BCUT2D eigenvalue weighted by molar-refractivity contribution is 1.13. The number of aromatic nitrogens is 1. The fraction of sp³-hybridized carbons (Fsp3) is 0. The number of rotatable bonds is 3. The largest absolute Gasteiger partial charge is 0.384 e. The van der Waals surface area contributed by atoms with E-state index in [1.54, 1.807) is 24.4 Å². The number of benzene rings is 1. The number of hydrogen-bond donors (Lipinski definition) is 2. The maximum absolute atomic E-state index is 7.41. The molecule has 1 aromatic heterocycles. The number of amidine groups is 1. The van der Waals surface area contributed by atoms with Crippen molar-refractivity contribution in [1.82, 2.24) is 4.98 Å². The highest BCUT2D eigenvalue weighted by Gasteiger charge is 2.07. The molecule has 0 aliphatic heterocycles. The van der Waals surface area contributed by atoms with Gasteiger partial charge in [-0.05, 0) is 46.3 Å². The third-order valence-corrected chi connectivity index (χ3v) is 4.25. The predicted molar refractivity (Wildman–Crippen MR) is 78.5 cm³/mol. The summed E-state index contributed by atoms with van der Waals surface area (Å²) in [6, 6.07) is 9.17. The molecular weight excluding hydrogens is 334 g/mol. The molecule has 6 heteroatoms. The van der Waals surface area contributed by atoms with Crippen molar-refractivity contribution < 1.29 is 0 Å². The molecule has 0 bridgehead atoms. The van der Waals surface area contributed by atoms with Gasteiger partial charge in [0.15, 0.2) is 0 Å². The van der Waals surface area contributed by atoms with Crippen LogP contribution in [0.25, 0.3) is 0 Å². The first-order valence-corrected chi connectivity index (χ1v) is 6.99. The lowest BCUT2D eigenvalue weighted by atomic mass is 10.2. The van der Waals surface area contributed by atoms with E-state index in [0.29, 0.717) is 10.6 Å². The summed E-state index contributed by atoms with van der Waals surface area (Å²) in [7, 11) is 0. The van der Waals surface area contributed by atoms with E-state index in [9.17, 15) is 0 Å². The highest BCUT2D eigenvalue weighted by Crippen LogP contribution is 2.33. The van der Waals surface area contributed by atoms with Crippen molar-refractivity contribution in [3.63, 3.8) is 0 Å². The van der Waals surface area contributed by atoms with Crippen LogP contribution in [0.1, 0.15) is 5.56 Å². The zero-order valence-electron chi connectivity index (χ0n) is 9.15. The molecule has 18 heavy (non-hydrogen) atoms. The zero-order chi connectivity index (χ0) is 13.1. The van der Waals surface area contributed by atoms with Gasteiger partial charge in [-0.2, -0.15) is 0 Å². The van der Waals surface area contributed by atoms with E-state index in [-0.39, 0.29) is 5.84 Å². The molecule has 0 atom stereocenters. The third kappa shape index (κ3) is 3.04. The Morgan fingerprint density at radius 1 is 1.39 bits per heavy atom. The van der Waals surface area contributed by atoms with Crippen LogP contribution in [0, 0.1) is 5.41 Å². The Balaban J connectivity index is 2.29. The monoisotopic (exact) mass is 341 g/mol. The van der Waals surface area contributed by atoms with Gasteiger partial charge in [-0.25, -0.2) is 4.98 Å². The molecule has 1 aromatic carbocycles. The van der Waals surface area contributed by atoms with Gasteiger partial charge in [-0.1, -0.05) is 23.4 Å². The Morgan fingerprint density at radius 3 is 2.78 bits per heavy atom. The van der Waals surface area contributed by atoms with Gasteiger partial charge in [0.2, 0.25) is 0 Å². The van der Waals surface area contributed by atoms with Crippen LogP contribution in [0.4, 0.5) is 0 Å². The molecule has 0 spiro atoms. The quantitative estimate of drug-likeness (QED) is 0.656. The fourth-order valence-corrected chi connectivity index (χ4v) is 3.13. The van der Waals surface area contributed by atoms with Crippen molar-refractivity contribution in [2.45, 2.75) is 9.92 Å². The van der Waals surface area contributed by atoms with Crippen molar-refractivity contribution in [2.75, 3.05) is 0 Å². The Morgan fingerprint density at radius 2 is 2.17 bits per heavy atom. The van der Waals surface area contributed by atoms with Crippen LogP contribution >= 0.6 is 39.3 Å². The number of halogens is 2. The highest BCUT2D eigenvalue weighted by molar-refractivity contribution is 9.10.